The van der Waals surface area contributed by atoms with Crippen LogP contribution in [0.2, 0.25) is 0 Å². The third-order valence-corrected chi connectivity index (χ3v) is 13.2. The first kappa shape index (κ1) is 35.1. The maximum Gasteiger partial charge on any atom is 0.259 e. The van der Waals surface area contributed by atoms with Crippen molar-refractivity contribution in [3.63, 3.8) is 0 Å². The molecule has 4 aliphatic rings. The minimum Gasteiger partial charge on any atom is -0.496 e. The topological polar surface area (TPSA) is 157 Å². The number of nitrogens with zero attached hydrogens (tertiary/aromatic N) is 1. The minimum atomic E-state index is -3.96. The van der Waals surface area contributed by atoms with Crippen molar-refractivity contribution in [3.8, 4) is 11.5 Å². The molecule has 266 valence electrons. The van der Waals surface area contributed by atoms with E-state index in [4.69, 9.17) is 15.2 Å². The maximum atomic E-state index is 14.4. The number of carbonyl (C=O) groups is 3. The van der Waals surface area contributed by atoms with E-state index in [0.717, 1.165) is 19.3 Å². The molecular formula is C36H47FN4O7S. The van der Waals surface area contributed by atoms with Gasteiger partial charge in [0.1, 0.15) is 35.0 Å². The first-order valence-corrected chi connectivity index (χ1v) is 18.7. The lowest BCUT2D eigenvalue weighted by atomic mass is 9.85. The fourth-order valence-electron chi connectivity index (χ4n) is 7.40. The van der Waals surface area contributed by atoms with Crippen LogP contribution >= 0.6 is 0 Å². The molecule has 0 spiro atoms. The molecule has 2 aromatic carbocycles. The number of hydrogen-bond donors (Lipinski definition) is 3. The SMILES string of the molecule is CC[C@@H]1C[C@H](C)CC/C=C\[C@@H]2C[C@@]2(C(=O)NS(=O)(=O)C2(C)CC2)NC(=O)[C@@H]2C[C@@H](Oc3ccc(OC)c4ccc(F)cc34)CN2C(=O)[C@H]1N. The summed E-state index contributed by atoms with van der Waals surface area (Å²) in [5, 5.41) is 4.00. The molecule has 49 heavy (non-hydrogen) atoms. The summed E-state index contributed by atoms with van der Waals surface area (Å²) in [5.74, 6) is -1.58. The van der Waals surface area contributed by atoms with E-state index in [1.807, 2.05) is 19.1 Å². The molecule has 2 aliphatic carbocycles. The summed E-state index contributed by atoms with van der Waals surface area (Å²) in [6.07, 6.45) is 7.40. The van der Waals surface area contributed by atoms with Crippen molar-refractivity contribution in [1.29, 1.82) is 0 Å². The molecule has 13 heteroatoms. The van der Waals surface area contributed by atoms with E-state index < -0.39 is 62.0 Å². The third kappa shape index (κ3) is 6.75. The Morgan fingerprint density at radius 1 is 1.14 bits per heavy atom. The lowest BCUT2D eigenvalue weighted by Gasteiger charge is -2.31. The van der Waals surface area contributed by atoms with Gasteiger partial charge in [-0.15, -0.1) is 0 Å². The van der Waals surface area contributed by atoms with E-state index in [9.17, 15) is 27.2 Å². The standard InChI is InChI=1S/C36H47FN4O7S/c1-5-22-16-21(2)8-6-7-9-23-19-36(23,34(44)40-49(45,46)35(3)14-15-35)39-32(42)28-18-25(20-41(28)33(43)31(22)38)48-30-13-12-29(47-4)26-11-10-24(37)17-27(26)30/h7,9-13,17,21-23,25,28,31H,5-6,8,14-16,18-20,38H2,1-4H3,(H,39,42)(H,40,44)/b9-7-/t21-,22-,23-,25-,28+,31+,36-/m1/s1. The Bertz CT molecular complexity index is 1780. The Hall–Kier alpha value is -3.71. The third-order valence-electron chi connectivity index (χ3n) is 11.1. The summed E-state index contributed by atoms with van der Waals surface area (Å²) in [6.45, 7) is 5.75. The number of nitrogens with one attached hydrogen (secondary N) is 2. The van der Waals surface area contributed by atoms with Crippen molar-refractivity contribution >= 4 is 38.5 Å². The van der Waals surface area contributed by atoms with Crippen molar-refractivity contribution in [2.45, 2.75) is 101 Å². The van der Waals surface area contributed by atoms with Crippen LogP contribution in [-0.4, -0.2) is 73.2 Å². The van der Waals surface area contributed by atoms with Gasteiger partial charge >= 0.3 is 0 Å². The number of amides is 3. The van der Waals surface area contributed by atoms with Crippen molar-refractivity contribution in [2.75, 3.05) is 13.7 Å². The highest BCUT2D eigenvalue weighted by Crippen LogP contribution is 2.47. The molecule has 2 aliphatic heterocycles. The second-order valence-electron chi connectivity index (χ2n) is 14.6. The number of rotatable bonds is 7. The first-order valence-electron chi connectivity index (χ1n) is 17.3. The molecule has 2 aromatic rings. The van der Waals surface area contributed by atoms with E-state index in [2.05, 4.69) is 17.0 Å². The Kier molecular flexibility index (Phi) is 9.46. The number of sulfonamides is 1. The van der Waals surface area contributed by atoms with E-state index in [0.29, 0.717) is 41.5 Å². The highest BCUT2D eigenvalue weighted by Gasteiger charge is 2.63. The summed E-state index contributed by atoms with van der Waals surface area (Å²) in [4.78, 5) is 43.6. The molecule has 6 rings (SSSR count). The van der Waals surface area contributed by atoms with Gasteiger partial charge < -0.3 is 25.4 Å². The predicted molar refractivity (Wildman–Crippen MR) is 183 cm³/mol. The van der Waals surface area contributed by atoms with Crippen LogP contribution in [-0.2, 0) is 24.4 Å². The molecule has 3 amide bonds. The molecule has 1 saturated heterocycles. The summed E-state index contributed by atoms with van der Waals surface area (Å²) in [7, 11) is -2.44. The quantitative estimate of drug-likeness (QED) is 0.367. The van der Waals surface area contributed by atoms with Crippen LogP contribution in [0.1, 0.15) is 72.1 Å². The Morgan fingerprint density at radius 3 is 2.57 bits per heavy atom. The average Bonchev–Trinajstić information content (AvgIpc) is 3.95. The van der Waals surface area contributed by atoms with Gasteiger partial charge in [-0.25, -0.2) is 12.8 Å². The van der Waals surface area contributed by atoms with E-state index in [-0.39, 0.29) is 37.1 Å². The number of allylic oxidation sites excluding steroid dienone is 1. The fourth-order valence-corrected chi connectivity index (χ4v) is 8.72. The first-order chi connectivity index (χ1) is 23.2. The van der Waals surface area contributed by atoms with Gasteiger partial charge in [0, 0.05) is 23.1 Å². The zero-order valence-corrected chi connectivity index (χ0v) is 29.4. The molecule has 0 unspecified atom stereocenters. The summed E-state index contributed by atoms with van der Waals surface area (Å²) < 4.78 is 53.6. The molecule has 11 nitrogen and oxygen atoms in total. The zero-order chi connectivity index (χ0) is 35.3. The lowest BCUT2D eigenvalue weighted by Crippen LogP contribution is -2.58. The molecule has 0 radical (unpaired) electrons. The number of carbonyl (C=O) groups excluding carboxylic acids is 3. The molecule has 7 atom stereocenters. The molecule has 0 aromatic heterocycles. The second-order valence-corrected chi connectivity index (χ2v) is 16.8. The highest BCUT2D eigenvalue weighted by atomic mass is 32.2. The van der Waals surface area contributed by atoms with Crippen molar-refractivity contribution in [2.24, 2.45) is 23.5 Å². The zero-order valence-electron chi connectivity index (χ0n) is 28.5. The van der Waals surface area contributed by atoms with Gasteiger partial charge in [0.25, 0.3) is 5.91 Å². The summed E-state index contributed by atoms with van der Waals surface area (Å²) >= 11 is 0. The van der Waals surface area contributed by atoms with Gasteiger partial charge in [-0.2, -0.15) is 0 Å². The lowest BCUT2D eigenvalue weighted by molar-refractivity contribution is -0.141. The summed E-state index contributed by atoms with van der Waals surface area (Å²) in [6, 6.07) is 5.75. The average molecular weight is 699 g/mol. The van der Waals surface area contributed by atoms with E-state index >= 15 is 0 Å². The van der Waals surface area contributed by atoms with Crippen molar-refractivity contribution in [3.05, 3.63) is 48.3 Å². The van der Waals surface area contributed by atoms with Gasteiger partial charge in [-0.3, -0.25) is 19.1 Å². The van der Waals surface area contributed by atoms with E-state index in [1.165, 1.54) is 24.1 Å². The molecule has 0 bridgehead atoms. The molecule has 3 fully saturated rings. The van der Waals surface area contributed by atoms with Crippen LogP contribution in [0.5, 0.6) is 11.5 Å². The van der Waals surface area contributed by atoms with Crippen LogP contribution in [0, 0.1) is 23.6 Å². The number of ether oxygens (including phenoxy) is 2. The highest BCUT2D eigenvalue weighted by molar-refractivity contribution is 7.91. The minimum absolute atomic E-state index is 0.0364. The Balaban J connectivity index is 1.32. The maximum absolute atomic E-state index is 14.4. The van der Waals surface area contributed by atoms with E-state index in [1.54, 1.807) is 25.1 Å². The van der Waals surface area contributed by atoms with Crippen LogP contribution in [0.15, 0.2) is 42.5 Å². The number of hydrogen-bond acceptors (Lipinski definition) is 8. The number of nitrogens with two attached hydrogens (primary N) is 1. The Labute approximate surface area is 287 Å². The molecule has 2 saturated carbocycles. The molecule has 4 N–H and O–H groups in total. The van der Waals surface area contributed by atoms with Gasteiger partial charge in [0.05, 0.1) is 24.4 Å². The Morgan fingerprint density at radius 2 is 1.88 bits per heavy atom. The van der Waals surface area contributed by atoms with Gasteiger partial charge in [0.15, 0.2) is 0 Å². The largest absolute Gasteiger partial charge is 0.496 e. The second kappa shape index (κ2) is 13.2. The number of fused-ring (bicyclic) bond motifs is 3. The van der Waals surface area contributed by atoms with Gasteiger partial charge in [-0.05, 0) is 87.6 Å². The fraction of sp³-hybridized carbons (Fsp3) is 0.583. The number of methoxy groups -OCH3 is 1. The van der Waals surface area contributed by atoms with Gasteiger partial charge in [-0.1, -0.05) is 32.4 Å². The molecule has 2 heterocycles. The van der Waals surface area contributed by atoms with Crippen molar-refractivity contribution < 1.29 is 36.7 Å². The summed E-state index contributed by atoms with van der Waals surface area (Å²) in [5.41, 5.74) is 5.18. The van der Waals surface area contributed by atoms with Crippen LogP contribution in [0.3, 0.4) is 0 Å². The normalized spacial score (nSPS) is 32.2. The smallest absolute Gasteiger partial charge is 0.259 e. The number of halogens is 1. The monoisotopic (exact) mass is 698 g/mol. The van der Waals surface area contributed by atoms with Crippen molar-refractivity contribution in [1.82, 2.24) is 14.9 Å². The van der Waals surface area contributed by atoms with Gasteiger partial charge in [0.2, 0.25) is 21.8 Å². The predicted octanol–water partition coefficient (Wildman–Crippen LogP) is 3.94. The number of benzene rings is 2. The van der Waals surface area contributed by atoms with Crippen LogP contribution in [0.25, 0.3) is 10.8 Å². The molecular weight excluding hydrogens is 651 g/mol. The van der Waals surface area contributed by atoms with Crippen LogP contribution in [0.4, 0.5) is 4.39 Å². The van der Waals surface area contributed by atoms with Crippen LogP contribution < -0.4 is 25.2 Å².